The maximum atomic E-state index is 11.3. The Morgan fingerprint density at radius 2 is 2.17 bits per heavy atom. The summed E-state index contributed by atoms with van der Waals surface area (Å²) in [6, 6.07) is 6.27. The number of amides is 1. The fourth-order valence-corrected chi connectivity index (χ4v) is 2.22. The van der Waals surface area contributed by atoms with E-state index >= 15 is 0 Å². The first-order valence-electron chi connectivity index (χ1n) is 6.39. The number of carbonyl (C=O) groups is 1. The molecule has 18 heavy (non-hydrogen) atoms. The molecule has 4 nitrogen and oxygen atoms in total. The van der Waals surface area contributed by atoms with Gasteiger partial charge in [-0.25, -0.2) is 0 Å². The highest BCUT2D eigenvalue weighted by Crippen LogP contribution is 2.25. The number of fused-ring (bicyclic) bond motifs is 1. The smallest absolute Gasteiger partial charge is 0.236 e. The highest BCUT2D eigenvalue weighted by molar-refractivity contribution is 5.77. The number of nitrogens with two attached hydrogens (primary N) is 1. The summed E-state index contributed by atoms with van der Waals surface area (Å²) < 4.78 is 5.66. The number of rotatable bonds is 5. The zero-order chi connectivity index (χ0) is 13.0. The molecule has 1 aliphatic carbocycles. The Bertz CT molecular complexity index is 432. The number of hydrogen-bond acceptors (Lipinski definition) is 3. The Kier molecular flexibility index (Phi) is 4.20. The van der Waals surface area contributed by atoms with Gasteiger partial charge in [-0.1, -0.05) is 6.07 Å². The van der Waals surface area contributed by atoms with E-state index in [2.05, 4.69) is 12.1 Å². The molecule has 98 valence electrons. The van der Waals surface area contributed by atoms with E-state index in [0.29, 0.717) is 13.2 Å². The highest BCUT2D eigenvalue weighted by atomic mass is 16.5. The number of benzene rings is 1. The van der Waals surface area contributed by atoms with Crippen molar-refractivity contribution in [2.45, 2.75) is 19.3 Å². The van der Waals surface area contributed by atoms with E-state index < -0.39 is 0 Å². The van der Waals surface area contributed by atoms with Gasteiger partial charge in [-0.05, 0) is 42.5 Å². The molecule has 0 atom stereocenters. The lowest BCUT2D eigenvalue weighted by atomic mass is 10.1. The average Bonchev–Trinajstić information content (AvgIpc) is 2.85. The van der Waals surface area contributed by atoms with Crippen molar-refractivity contribution in [3.63, 3.8) is 0 Å². The number of ether oxygens (including phenoxy) is 1. The molecular weight excluding hydrogens is 228 g/mol. The van der Waals surface area contributed by atoms with E-state index in [9.17, 15) is 4.79 Å². The van der Waals surface area contributed by atoms with Gasteiger partial charge in [0.15, 0.2) is 0 Å². The molecule has 1 aromatic rings. The van der Waals surface area contributed by atoms with E-state index in [4.69, 9.17) is 10.5 Å². The minimum Gasteiger partial charge on any atom is -0.492 e. The molecule has 0 radical (unpaired) electrons. The molecule has 4 heteroatoms. The van der Waals surface area contributed by atoms with Crippen LogP contribution in [-0.2, 0) is 17.6 Å². The summed E-state index contributed by atoms with van der Waals surface area (Å²) in [5, 5.41) is 0. The van der Waals surface area contributed by atoms with Gasteiger partial charge in [0.1, 0.15) is 12.4 Å². The molecule has 0 spiro atoms. The summed E-state index contributed by atoms with van der Waals surface area (Å²) in [6.45, 7) is 1.11. The fourth-order valence-electron chi connectivity index (χ4n) is 2.22. The summed E-state index contributed by atoms with van der Waals surface area (Å²) in [6.07, 6.45) is 3.58. The van der Waals surface area contributed by atoms with E-state index in [1.807, 2.05) is 6.07 Å². The maximum absolute atomic E-state index is 11.3. The van der Waals surface area contributed by atoms with Crippen molar-refractivity contribution < 1.29 is 9.53 Å². The number of aryl methyl sites for hydroxylation is 2. The second kappa shape index (κ2) is 5.87. The largest absolute Gasteiger partial charge is 0.492 e. The van der Waals surface area contributed by atoms with Crippen molar-refractivity contribution in [1.29, 1.82) is 0 Å². The van der Waals surface area contributed by atoms with Crippen LogP contribution in [0.1, 0.15) is 17.5 Å². The van der Waals surface area contributed by atoms with Crippen LogP contribution >= 0.6 is 0 Å². The Labute approximate surface area is 108 Å². The van der Waals surface area contributed by atoms with Crippen molar-refractivity contribution in [2.24, 2.45) is 5.73 Å². The summed E-state index contributed by atoms with van der Waals surface area (Å²) in [5.74, 6) is 0.830. The second-order valence-corrected chi connectivity index (χ2v) is 4.65. The fraction of sp³-hybridized carbons (Fsp3) is 0.500. The lowest BCUT2D eigenvalue weighted by Gasteiger charge is -2.16. The second-order valence-electron chi connectivity index (χ2n) is 4.65. The predicted octanol–water partition coefficient (Wildman–Crippen LogP) is 0.971. The zero-order valence-electron chi connectivity index (χ0n) is 10.8. The zero-order valence-corrected chi connectivity index (χ0v) is 10.8. The monoisotopic (exact) mass is 248 g/mol. The minimum absolute atomic E-state index is 0.0509. The first-order chi connectivity index (χ1) is 8.70. The summed E-state index contributed by atoms with van der Waals surface area (Å²) >= 11 is 0. The molecule has 0 saturated carbocycles. The minimum atomic E-state index is -0.0625. The average molecular weight is 248 g/mol. The van der Waals surface area contributed by atoms with Gasteiger partial charge in [0.25, 0.3) is 0 Å². The maximum Gasteiger partial charge on any atom is 0.236 e. The van der Waals surface area contributed by atoms with Crippen LogP contribution in [0.25, 0.3) is 0 Å². The van der Waals surface area contributed by atoms with E-state index in [0.717, 1.165) is 12.2 Å². The third-order valence-electron chi connectivity index (χ3n) is 3.37. The first kappa shape index (κ1) is 12.9. The Hall–Kier alpha value is -1.55. The van der Waals surface area contributed by atoms with E-state index in [1.54, 1.807) is 11.9 Å². The van der Waals surface area contributed by atoms with E-state index in [1.165, 1.54) is 24.0 Å². The van der Waals surface area contributed by atoms with Crippen LogP contribution in [0.3, 0.4) is 0 Å². The lowest BCUT2D eigenvalue weighted by molar-refractivity contribution is -0.128. The number of likely N-dealkylation sites (N-methyl/N-ethyl adjacent to an activating group) is 1. The molecular formula is C14H20N2O2. The Morgan fingerprint density at radius 1 is 1.39 bits per heavy atom. The van der Waals surface area contributed by atoms with Crippen molar-refractivity contribution in [3.05, 3.63) is 29.3 Å². The molecule has 0 heterocycles. The molecule has 2 N–H and O–H groups in total. The number of hydrogen-bond donors (Lipinski definition) is 1. The summed E-state index contributed by atoms with van der Waals surface area (Å²) in [7, 11) is 1.74. The van der Waals surface area contributed by atoms with Crippen molar-refractivity contribution in [3.8, 4) is 5.75 Å². The SMILES string of the molecule is CN(CCOc1ccc2c(c1)CCC2)C(=O)CN. The van der Waals surface area contributed by atoms with Crippen LogP contribution in [0, 0.1) is 0 Å². The van der Waals surface area contributed by atoms with Gasteiger partial charge >= 0.3 is 0 Å². The van der Waals surface area contributed by atoms with Crippen molar-refractivity contribution >= 4 is 5.91 Å². The van der Waals surface area contributed by atoms with Crippen LogP contribution in [0.15, 0.2) is 18.2 Å². The normalized spacial score (nSPS) is 13.2. The summed E-state index contributed by atoms with van der Waals surface area (Å²) in [4.78, 5) is 12.8. The van der Waals surface area contributed by atoms with Gasteiger partial charge in [-0.3, -0.25) is 4.79 Å². The molecule has 0 aliphatic heterocycles. The topological polar surface area (TPSA) is 55.6 Å². The lowest BCUT2D eigenvalue weighted by Crippen LogP contribution is -2.35. The van der Waals surface area contributed by atoms with Crippen LogP contribution in [0.4, 0.5) is 0 Å². The Morgan fingerprint density at radius 3 is 2.94 bits per heavy atom. The van der Waals surface area contributed by atoms with Crippen molar-refractivity contribution in [1.82, 2.24) is 4.90 Å². The predicted molar refractivity (Wildman–Crippen MR) is 70.7 cm³/mol. The van der Waals surface area contributed by atoms with Gasteiger partial charge in [-0.2, -0.15) is 0 Å². The Balaban J connectivity index is 1.82. The molecule has 2 rings (SSSR count). The van der Waals surface area contributed by atoms with Gasteiger partial charge in [0.05, 0.1) is 13.1 Å². The molecule has 1 aromatic carbocycles. The highest BCUT2D eigenvalue weighted by Gasteiger charge is 2.11. The first-order valence-corrected chi connectivity index (χ1v) is 6.39. The van der Waals surface area contributed by atoms with Gasteiger partial charge in [0, 0.05) is 7.05 Å². The summed E-state index contributed by atoms with van der Waals surface area (Å²) in [5.41, 5.74) is 8.13. The number of carbonyl (C=O) groups excluding carboxylic acids is 1. The van der Waals surface area contributed by atoms with Crippen LogP contribution in [0.5, 0.6) is 5.75 Å². The third kappa shape index (κ3) is 3.01. The van der Waals surface area contributed by atoms with Crippen LogP contribution < -0.4 is 10.5 Å². The molecule has 0 unspecified atom stereocenters. The van der Waals surface area contributed by atoms with Gasteiger partial charge in [0.2, 0.25) is 5.91 Å². The van der Waals surface area contributed by atoms with E-state index in [-0.39, 0.29) is 12.5 Å². The van der Waals surface area contributed by atoms with Gasteiger partial charge in [-0.15, -0.1) is 0 Å². The molecule has 0 fully saturated rings. The molecule has 1 amide bonds. The van der Waals surface area contributed by atoms with Crippen molar-refractivity contribution in [2.75, 3.05) is 26.7 Å². The third-order valence-corrected chi connectivity index (χ3v) is 3.37. The molecule has 1 aliphatic rings. The quantitative estimate of drug-likeness (QED) is 0.845. The molecule has 0 aromatic heterocycles. The molecule has 0 saturated heterocycles. The van der Waals surface area contributed by atoms with Gasteiger partial charge < -0.3 is 15.4 Å². The van der Waals surface area contributed by atoms with Crippen LogP contribution in [-0.4, -0.2) is 37.6 Å². The standard InChI is InChI=1S/C14H20N2O2/c1-16(14(17)10-15)7-8-18-13-6-5-11-3-2-4-12(11)9-13/h5-6,9H,2-4,7-8,10,15H2,1H3. The molecule has 0 bridgehead atoms. The number of nitrogens with zero attached hydrogens (tertiary/aromatic N) is 1. The van der Waals surface area contributed by atoms with Crippen LogP contribution in [0.2, 0.25) is 0 Å².